The molecule has 0 rings (SSSR count). The number of hydrogen-bond donors (Lipinski definition) is 2. The molecule has 0 radical (unpaired) electrons. The van der Waals surface area contributed by atoms with Gasteiger partial charge in [-0.05, 0) is 6.42 Å². The van der Waals surface area contributed by atoms with E-state index in [2.05, 4.69) is 4.74 Å². The minimum absolute atomic E-state index is 0.235. The first-order valence-corrected chi connectivity index (χ1v) is 3.05. The molecule has 0 fully saturated rings. The Labute approximate surface area is 59.4 Å². The molecule has 4 nitrogen and oxygen atoms in total. The van der Waals surface area contributed by atoms with E-state index in [9.17, 15) is 4.79 Å². The van der Waals surface area contributed by atoms with Crippen molar-refractivity contribution in [1.29, 1.82) is 0 Å². The molecule has 10 heavy (non-hydrogen) atoms. The molecule has 0 amide bonds. The van der Waals surface area contributed by atoms with Gasteiger partial charge in [-0.2, -0.15) is 0 Å². The zero-order valence-electron chi connectivity index (χ0n) is 5.86. The van der Waals surface area contributed by atoms with Gasteiger partial charge in [0.2, 0.25) is 0 Å². The third-order valence-electron chi connectivity index (χ3n) is 1.15. The Morgan fingerprint density at radius 1 is 1.60 bits per heavy atom. The minimum atomic E-state index is -1.18. The summed E-state index contributed by atoms with van der Waals surface area (Å²) in [6, 6.07) is 0. The maximum absolute atomic E-state index is 9.79. The van der Waals surface area contributed by atoms with E-state index in [1.165, 1.54) is 7.11 Å². The average Bonchev–Trinajstić information content (AvgIpc) is 1.98. The summed E-state index contributed by atoms with van der Waals surface area (Å²) in [5, 5.41) is 17.7. The quantitative estimate of drug-likeness (QED) is 0.399. The van der Waals surface area contributed by atoms with Crippen LogP contribution in [-0.4, -0.2) is 36.0 Å². The van der Waals surface area contributed by atoms with Gasteiger partial charge in [0, 0.05) is 13.5 Å². The molecule has 0 saturated heterocycles. The summed E-state index contributed by atoms with van der Waals surface area (Å²) in [5.74, 6) is 0. The molecular formula is C6H12O4. The molecule has 2 atom stereocenters. The molecule has 0 heterocycles. The fourth-order valence-corrected chi connectivity index (χ4v) is 0.538. The molecule has 2 N–H and O–H groups in total. The number of methoxy groups -OCH3 is 1. The van der Waals surface area contributed by atoms with Crippen molar-refractivity contribution in [3.05, 3.63) is 0 Å². The Morgan fingerprint density at radius 3 is 2.60 bits per heavy atom. The lowest BCUT2D eigenvalue weighted by molar-refractivity contribution is -0.146. The summed E-state index contributed by atoms with van der Waals surface area (Å²) in [7, 11) is 1.29. The highest BCUT2D eigenvalue weighted by molar-refractivity contribution is 5.49. The van der Waals surface area contributed by atoms with Gasteiger partial charge in [0.05, 0.1) is 0 Å². The second-order valence-corrected chi connectivity index (χ2v) is 1.94. The van der Waals surface area contributed by atoms with Gasteiger partial charge in [-0.3, -0.25) is 0 Å². The van der Waals surface area contributed by atoms with Crippen LogP contribution in [-0.2, 0) is 9.53 Å². The number of carbonyl (C=O) groups is 1. The predicted octanol–water partition coefficient (Wildman–Crippen LogP) is -0.709. The maximum Gasteiger partial charge on any atom is 0.180 e. The van der Waals surface area contributed by atoms with Crippen molar-refractivity contribution in [2.45, 2.75) is 25.2 Å². The second kappa shape index (κ2) is 5.34. The lowest BCUT2D eigenvalue weighted by Crippen LogP contribution is -2.27. The Morgan fingerprint density at radius 2 is 2.20 bits per heavy atom. The van der Waals surface area contributed by atoms with Crippen molar-refractivity contribution in [3.8, 4) is 0 Å². The van der Waals surface area contributed by atoms with Crippen LogP contribution in [0.5, 0.6) is 0 Å². The number of rotatable bonds is 5. The molecule has 60 valence electrons. The van der Waals surface area contributed by atoms with E-state index in [0.29, 0.717) is 6.29 Å². The molecule has 0 bridgehead atoms. The van der Waals surface area contributed by atoms with E-state index >= 15 is 0 Å². The van der Waals surface area contributed by atoms with Crippen LogP contribution in [0.2, 0.25) is 0 Å². The monoisotopic (exact) mass is 148 g/mol. The third kappa shape index (κ3) is 3.55. The average molecular weight is 148 g/mol. The first kappa shape index (κ1) is 9.55. The fourth-order valence-electron chi connectivity index (χ4n) is 0.538. The summed E-state index contributed by atoms with van der Waals surface area (Å²) in [4.78, 5) is 9.79. The molecule has 0 aromatic carbocycles. The van der Waals surface area contributed by atoms with Crippen LogP contribution in [0.1, 0.15) is 12.8 Å². The molecule has 0 aliphatic carbocycles. The normalized spacial score (nSPS) is 16.3. The maximum atomic E-state index is 9.79. The van der Waals surface area contributed by atoms with Crippen molar-refractivity contribution in [1.82, 2.24) is 0 Å². The van der Waals surface area contributed by atoms with Crippen molar-refractivity contribution in [2.24, 2.45) is 0 Å². The number of aldehydes is 1. The zero-order chi connectivity index (χ0) is 7.98. The number of hydrogen-bond acceptors (Lipinski definition) is 4. The molecule has 0 aliphatic rings. The van der Waals surface area contributed by atoms with Crippen LogP contribution < -0.4 is 0 Å². The molecule has 4 heteroatoms. The Hall–Kier alpha value is -0.450. The van der Waals surface area contributed by atoms with E-state index in [0.717, 1.165) is 0 Å². The summed E-state index contributed by atoms with van der Waals surface area (Å²) in [6.45, 7) is 0. The van der Waals surface area contributed by atoms with Gasteiger partial charge in [-0.25, -0.2) is 0 Å². The minimum Gasteiger partial charge on any atom is -0.388 e. The molecule has 2 unspecified atom stereocenters. The van der Waals surface area contributed by atoms with Gasteiger partial charge in [0.25, 0.3) is 0 Å². The van der Waals surface area contributed by atoms with Crippen molar-refractivity contribution >= 4 is 6.29 Å². The summed E-state index contributed by atoms with van der Waals surface area (Å²) >= 11 is 0. The molecule has 0 spiro atoms. The van der Waals surface area contributed by atoms with E-state index in [1.54, 1.807) is 0 Å². The fraction of sp³-hybridized carbons (Fsp3) is 0.833. The number of ether oxygens (including phenoxy) is 1. The standard InChI is InChI=1S/C6H12O4/c1-10-6(9)5(8)3-2-4-7/h4-6,8-9H,2-3H2,1H3. The summed E-state index contributed by atoms with van der Waals surface area (Å²) in [6.07, 6.45) is -0.985. The third-order valence-corrected chi connectivity index (χ3v) is 1.15. The van der Waals surface area contributed by atoms with E-state index in [4.69, 9.17) is 10.2 Å². The van der Waals surface area contributed by atoms with Crippen LogP contribution in [0.4, 0.5) is 0 Å². The molecular weight excluding hydrogens is 136 g/mol. The highest BCUT2D eigenvalue weighted by atomic mass is 16.6. The molecule has 0 saturated carbocycles. The van der Waals surface area contributed by atoms with E-state index in [1.807, 2.05) is 0 Å². The number of aliphatic hydroxyl groups excluding tert-OH is 2. The van der Waals surface area contributed by atoms with Crippen molar-refractivity contribution in [2.75, 3.05) is 7.11 Å². The van der Waals surface area contributed by atoms with Crippen LogP contribution >= 0.6 is 0 Å². The Balaban J connectivity index is 3.40. The van der Waals surface area contributed by atoms with Gasteiger partial charge in [-0.15, -0.1) is 0 Å². The SMILES string of the molecule is COC(O)C(O)CCC=O. The molecule has 0 aromatic heterocycles. The summed E-state index contributed by atoms with van der Waals surface area (Å²) < 4.78 is 4.40. The van der Waals surface area contributed by atoms with Gasteiger partial charge in [0.15, 0.2) is 6.29 Å². The second-order valence-electron chi connectivity index (χ2n) is 1.94. The first-order valence-electron chi connectivity index (χ1n) is 3.05. The number of aliphatic hydroxyl groups is 2. The van der Waals surface area contributed by atoms with Crippen LogP contribution in [0, 0.1) is 0 Å². The zero-order valence-corrected chi connectivity index (χ0v) is 5.86. The van der Waals surface area contributed by atoms with Crippen molar-refractivity contribution in [3.63, 3.8) is 0 Å². The highest BCUT2D eigenvalue weighted by Gasteiger charge is 2.13. The topological polar surface area (TPSA) is 66.8 Å². The highest BCUT2D eigenvalue weighted by Crippen LogP contribution is 2.00. The Kier molecular flexibility index (Phi) is 5.10. The van der Waals surface area contributed by atoms with Gasteiger partial charge >= 0.3 is 0 Å². The largest absolute Gasteiger partial charge is 0.388 e. The van der Waals surface area contributed by atoms with E-state index < -0.39 is 12.4 Å². The van der Waals surface area contributed by atoms with E-state index in [-0.39, 0.29) is 12.8 Å². The van der Waals surface area contributed by atoms with Crippen molar-refractivity contribution < 1.29 is 19.7 Å². The van der Waals surface area contributed by atoms with Gasteiger partial charge in [0.1, 0.15) is 12.4 Å². The molecule has 0 aromatic rings. The van der Waals surface area contributed by atoms with Gasteiger partial charge in [-0.1, -0.05) is 0 Å². The smallest absolute Gasteiger partial charge is 0.180 e. The summed E-state index contributed by atoms with van der Waals surface area (Å²) in [5.41, 5.74) is 0. The molecule has 0 aliphatic heterocycles. The van der Waals surface area contributed by atoms with Crippen LogP contribution in [0.3, 0.4) is 0 Å². The first-order chi connectivity index (χ1) is 4.72. The Bertz CT molecular complexity index is 93.7. The van der Waals surface area contributed by atoms with Gasteiger partial charge < -0.3 is 19.7 Å². The predicted molar refractivity (Wildman–Crippen MR) is 34.3 cm³/mol. The number of carbonyl (C=O) groups excluding carboxylic acids is 1. The lowest BCUT2D eigenvalue weighted by Gasteiger charge is -2.13. The lowest BCUT2D eigenvalue weighted by atomic mass is 10.2. The van der Waals surface area contributed by atoms with Crippen LogP contribution in [0.15, 0.2) is 0 Å². The van der Waals surface area contributed by atoms with Crippen LogP contribution in [0.25, 0.3) is 0 Å².